The van der Waals surface area contributed by atoms with Gasteiger partial charge in [0.2, 0.25) is 5.91 Å². The lowest BCUT2D eigenvalue weighted by atomic mass is 10.1. The van der Waals surface area contributed by atoms with E-state index >= 15 is 0 Å². The van der Waals surface area contributed by atoms with E-state index in [9.17, 15) is 9.59 Å². The molecule has 172 valence electrons. The van der Waals surface area contributed by atoms with Crippen molar-refractivity contribution in [3.05, 3.63) is 90.0 Å². The number of amides is 2. The summed E-state index contributed by atoms with van der Waals surface area (Å²) in [6, 6.07) is 24.8. The maximum atomic E-state index is 13.0. The lowest BCUT2D eigenvalue weighted by molar-refractivity contribution is -0.115. The van der Waals surface area contributed by atoms with Crippen LogP contribution in [-0.4, -0.2) is 43.5 Å². The largest absolute Gasteiger partial charge is 0.497 e. The van der Waals surface area contributed by atoms with Crippen LogP contribution in [0.3, 0.4) is 0 Å². The lowest BCUT2D eigenvalue weighted by Gasteiger charge is -2.25. The second-order valence-electron chi connectivity index (χ2n) is 7.65. The monoisotopic (exact) mass is 445 g/mol. The van der Waals surface area contributed by atoms with Crippen LogP contribution in [0.4, 0.5) is 11.4 Å². The lowest BCUT2D eigenvalue weighted by Crippen LogP contribution is -2.33. The van der Waals surface area contributed by atoms with E-state index in [1.54, 1.807) is 36.3 Å². The number of methoxy groups -OCH3 is 1. The maximum Gasteiger partial charge on any atom is 0.253 e. The van der Waals surface area contributed by atoms with Crippen molar-refractivity contribution in [2.75, 3.05) is 37.0 Å². The highest BCUT2D eigenvalue weighted by Crippen LogP contribution is 2.21. The highest BCUT2D eigenvalue weighted by Gasteiger charge is 2.15. The first-order valence-corrected chi connectivity index (χ1v) is 11.2. The quantitative estimate of drug-likeness (QED) is 0.486. The Balaban J connectivity index is 1.75. The van der Waals surface area contributed by atoms with Gasteiger partial charge in [0.15, 0.2) is 0 Å². The van der Waals surface area contributed by atoms with Crippen LogP contribution < -0.4 is 15.0 Å². The summed E-state index contributed by atoms with van der Waals surface area (Å²) in [6.07, 6.45) is 0. The molecule has 1 N–H and O–H groups in total. The van der Waals surface area contributed by atoms with Crippen molar-refractivity contribution in [1.82, 2.24) is 4.90 Å². The Kier molecular flexibility index (Phi) is 8.47. The molecule has 0 aliphatic carbocycles. The standard InChI is InChI=1S/C27H31N3O3/c1-4-29(5-2)27(32)22-12-9-13-23(18-22)28-26(31)20-30(19-21-10-7-6-8-11-21)24-14-16-25(33-3)17-15-24/h6-18H,4-5,19-20H2,1-3H3,(H,28,31). The zero-order chi connectivity index (χ0) is 23.6. The number of anilines is 2. The van der Waals surface area contributed by atoms with Crippen LogP contribution in [0, 0.1) is 0 Å². The van der Waals surface area contributed by atoms with E-state index in [1.807, 2.05) is 73.3 Å². The van der Waals surface area contributed by atoms with Gasteiger partial charge in [0.25, 0.3) is 5.91 Å². The molecule has 6 heteroatoms. The Morgan fingerprint density at radius 3 is 2.21 bits per heavy atom. The number of ether oxygens (including phenoxy) is 1. The van der Waals surface area contributed by atoms with Gasteiger partial charge in [0.05, 0.1) is 13.7 Å². The number of hydrogen-bond donors (Lipinski definition) is 1. The Hall–Kier alpha value is -3.80. The summed E-state index contributed by atoms with van der Waals surface area (Å²) in [4.78, 5) is 29.4. The third-order valence-electron chi connectivity index (χ3n) is 5.43. The minimum absolute atomic E-state index is 0.0416. The van der Waals surface area contributed by atoms with Gasteiger partial charge in [-0.1, -0.05) is 36.4 Å². The summed E-state index contributed by atoms with van der Waals surface area (Å²) in [5, 5.41) is 2.94. The second kappa shape index (κ2) is 11.7. The van der Waals surface area contributed by atoms with E-state index < -0.39 is 0 Å². The Labute approximate surface area is 195 Å². The molecule has 0 spiro atoms. The van der Waals surface area contributed by atoms with Gasteiger partial charge in [-0.15, -0.1) is 0 Å². The SMILES string of the molecule is CCN(CC)C(=O)c1cccc(NC(=O)CN(Cc2ccccc2)c2ccc(OC)cc2)c1. The predicted molar refractivity (Wildman–Crippen MR) is 133 cm³/mol. The Morgan fingerprint density at radius 1 is 0.879 bits per heavy atom. The number of rotatable bonds is 10. The molecule has 0 unspecified atom stereocenters. The van der Waals surface area contributed by atoms with Crippen LogP contribution in [0.1, 0.15) is 29.8 Å². The van der Waals surface area contributed by atoms with Gasteiger partial charge in [0.1, 0.15) is 5.75 Å². The van der Waals surface area contributed by atoms with E-state index in [2.05, 4.69) is 5.32 Å². The van der Waals surface area contributed by atoms with E-state index in [1.165, 1.54) is 0 Å². The summed E-state index contributed by atoms with van der Waals surface area (Å²) in [7, 11) is 1.63. The second-order valence-corrected chi connectivity index (χ2v) is 7.65. The minimum atomic E-state index is -0.158. The van der Waals surface area contributed by atoms with Gasteiger partial charge in [-0.25, -0.2) is 0 Å². The molecule has 0 aliphatic rings. The topological polar surface area (TPSA) is 61.9 Å². The average Bonchev–Trinajstić information content (AvgIpc) is 2.85. The van der Waals surface area contributed by atoms with E-state index in [0.717, 1.165) is 17.0 Å². The molecule has 6 nitrogen and oxygen atoms in total. The molecule has 0 radical (unpaired) electrons. The van der Waals surface area contributed by atoms with Crippen LogP contribution in [0.15, 0.2) is 78.9 Å². The molecule has 0 saturated carbocycles. The number of hydrogen-bond acceptors (Lipinski definition) is 4. The molecule has 3 rings (SSSR count). The molecule has 0 fully saturated rings. The zero-order valence-electron chi connectivity index (χ0n) is 19.5. The number of nitrogens with zero attached hydrogens (tertiary/aromatic N) is 2. The molecule has 33 heavy (non-hydrogen) atoms. The van der Waals surface area contributed by atoms with Crippen molar-refractivity contribution in [1.29, 1.82) is 0 Å². The molecule has 0 aliphatic heterocycles. The number of nitrogens with one attached hydrogen (secondary N) is 1. The minimum Gasteiger partial charge on any atom is -0.497 e. The molecule has 2 amide bonds. The summed E-state index contributed by atoms with van der Waals surface area (Å²) in [6.45, 7) is 5.93. The van der Waals surface area contributed by atoms with Crippen LogP contribution in [-0.2, 0) is 11.3 Å². The Bertz CT molecular complexity index is 1050. The highest BCUT2D eigenvalue weighted by atomic mass is 16.5. The van der Waals surface area contributed by atoms with Crippen LogP contribution in [0.5, 0.6) is 5.75 Å². The van der Waals surface area contributed by atoms with Crippen molar-refractivity contribution >= 4 is 23.2 Å². The summed E-state index contributed by atoms with van der Waals surface area (Å²) >= 11 is 0. The van der Waals surface area contributed by atoms with Gasteiger partial charge in [0, 0.05) is 36.6 Å². The van der Waals surface area contributed by atoms with Crippen molar-refractivity contribution in [3.63, 3.8) is 0 Å². The number of carbonyl (C=O) groups excluding carboxylic acids is 2. The number of carbonyl (C=O) groups is 2. The van der Waals surface area contributed by atoms with Crippen LogP contribution in [0.25, 0.3) is 0 Å². The van der Waals surface area contributed by atoms with E-state index in [4.69, 9.17) is 4.74 Å². The molecule has 0 atom stereocenters. The van der Waals surface area contributed by atoms with Gasteiger partial charge < -0.3 is 19.9 Å². The summed E-state index contributed by atoms with van der Waals surface area (Å²) < 4.78 is 5.26. The molecule has 0 bridgehead atoms. The molecule has 0 saturated heterocycles. The summed E-state index contributed by atoms with van der Waals surface area (Å²) in [5.74, 6) is 0.562. The fraction of sp³-hybridized carbons (Fsp3) is 0.259. The first kappa shape index (κ1) is 23.9. The third-order valence-corrected chi connectivity index (χ3v) is 5.43. The maximum absolute atomic E-state index is 13.0. The third kappa shape index (κ3) is 6.59. The fourth-order valence-corrected chi connectivity index (χ4v) is 3.63. The van der Waals surface area contributed by atoms with Crippen molar-refractivity contribution in [2.24, 2.45) is 0 Å². The fourth-order valence-electron chi connectivity index (χ4n) is 3.63. The molecule has 0 aromatic heterocycles. The van der Waals surface area contributed by atoms with E-state index in [0.29, 0.717) is 30.9 Å². The van der Waals surface area contributed by atoms with Crippen molar-refractivity contribution < 1.29 is 14.3 Å². The average molecular weight is 446 g/mol. The smallest absolute Gasteiger partial charge is 0.253 e. The van der Waals surface area contributed by atoms with Crippen LogP contribution in [0.2, 0.25) is 0 Å². The van der Waals surface area contributed by atoms with Gasteiger partial charge in [-0.2, -0.15) is 0 Å². The Morgan fingerprint density at radius 2 is 1.58 bits per heavy atom. The first-order valence-electron chi connectivity index (χ1n) is 11.2. The zero-order valence-corrected chi connectivity index (χ0v) is 19.5. The van der Waals surface area contributed by atoms with Gasteiger partial charge >= 0.3 is 0 Å². The van der Waals surface area contributed by atoms with Crippen LogP contribution >= 0.6 is 0 Å². The molecular weight excluding hydrogens is 414 g/mol. The number of benzene rings is 3. The van der Waals surface area contributed by atoms with Crippen molar-refractivity contribution in [2.45, 2.75) is 20.4 Å². The molecular formula is C27H31N3O3. The first-order chi connectivity index (χ1) is 16.0. The molecule has 3 aromatic carbocycles. The normalized spacial score (nSPS) is 10.4. The van der Waals surface area contributed by atoms with Gasteiger partial charge in [-0.05, 0) is 61.9 Å². The van der Waals surface area contributed by atoms with E-state index in [-0.39, 0.29) is 18.4 Å². The molecule has 0 heterocycles. The van der Waals surface area contributed by atoms with Gasteiger partial charge in [-0.3, -0.25) is 9.59 Å². The summed E-state index contributed by atoms with van der Waals surface area (Å²) in [5.41, 5.74) is 3.19. The highest BCUT2D eigenvalue weighted by molar-refractivity contribution is 5.98. The predicted octanol–water partition coefficient (Wildman–Crippen LogP) is 4.82. The van der Waals surface area contributed by atoms with Crippen molar-refractivity contribution in [3.8, 4) is 5.75 Å². The molecule has 3 aromatic rings.